The zero-order valence-electron chi connectivity index (χ0n) is 12.4. The van der Waals surface area contributed by atoms with E-state index in [1.807, 2.05) is 20.8 Å². The van der Waals surface area contributed by atoms with E-state index in [2.05, 4.69) is 0 Å². The summed E-state index contributed by atoms with van der Waals surface area (Å²) < 4.78 is 5.45. The van der Waals surface area contributed by atoms with Gasteiger partial charge in [0.2, 0.25) is 5.91 Å². The van der Waals surface area contributed by atoms with Crippen LogP contribution < -0.4 is 15.4 Å². The molecule has 1 aromatic rings. The molecule has 0 fully saturated rings. The van der Waals surface area contributed by atoms with E-state index in [1.54, 1.807) is 12.1 Å². The Labute approximate surface area is 123 Å². The fourth-order valence-electron chi connectivity index (χ4n) is 2.18. The van der Waals surface area contributed by atoms with E-state index in [1.165, 1.54) is 11.0 Å². The molecule has 1 aliphatic heterocycles. The quantitative estimate of drug-likeness (QED) is 0.861. The number of nitrogens with two attached hydrogens (primary N) is 1. The van der Waals surface area contributed by atoms with Gasteiger partial charge in [0, 0.05) is 0 Å². The SMILES string of the molecule is CC(C)(C)[C@@H](N)C(=O)N1CCOc2c(C(=O)O)cccc21. The van der Waals surface area contributed by atoms with E-state index < -0.39 is 12.0 Å². The van der Waals surface area contributed by atoms with Crippen LogP contribution in [0, 0.1) is 5.41 Å². The summed E-state index contributed by atoms with van der Waals surface area (Å²) in [6.07, 6.45) is 0. The molecule has 0 unspecified atom stereocenters. The molecule has 0 saturated heterocycles. The van der Waals surface area contributed by atoms with Gasteiger partial charge in [-0.2, -0.15) is 0 Å². The van der Waals surface area contributed by atoms with Crippen molar-refractivity contribution in [1.29, 1.82) is 0 Å². The standard InChI is InChI=1S/C15H20N2O4/c1-15(2,3)12(16)13(18)17-7-8-21-11-9(14(19)20)5-4-6-10(11)17/h4-6,12H,7-8,16H2,1-3H3,(H,19,20)/t12-/m0/s1. The average Bonchev–Trinajstić information content (AvgIpc) is 2.43. The van der Waals surface area contributed by atoms with Crippen LogP contribution in [0.15, 0.2) is 18.2 Å². The zero-order valence-corrected chi connectivity index (χ0v) is 12.4. The van der Waals surface area contributed by atoms with Gasteiger partial charge >= 0.3 is 5.97 Å². The summed E-state index contributed by atoms with van der Waals surface area (Å²) in [4.78, 5) is 25.3. The first-order chi connectivity index (χ1) is 9.73. The number of nitrogens with zero attached hydrogens (tertiary/aromatic N) is 1. The number of fused-ring (bicyclic) bond motifs is 1. The van der Waals surface area contributed by atoms with Crippen molar-refractivity contribution in [3.8, 4) is 5.75 Å². The number of hydrogen-bond donors (Lipinski definition) is 2. The highest BCUT2D eigenvalue weighted by molar-refractivity contribution is 6.02. The van der Waals surface area contributed by atoms with Crippen molar-refractivity contribution in [2.45, 2.75) is 26.8 Å². The van der Waals surface area contributed by atoms with Gasteiger partial charge in [0.15, 0.2) is 5.75 Å². The van der Waals surface area contributed by atoms with Crippen molar-refractivity contribution >= 4 is 17.6 Å². The predicted molar refractivity (Wildman–Crippen MR) is 78.7 cm³/mol. The molecule has 21 heavy (non-hydrogen) atoms. The smallest absolute Gasteiger partial charge is 0.339 e. The summed E-state index contributed by atoms with van der Waals surface area (Å²) >= 11 is 0. The molecule has 114 valence electrons. The van der Waals surface area contributed by atoms with E-state index in [0.717, 1.165) is 0 Å². The number of carbonyl (C=O) groups is 2. The molecule has 1 aromatic carbocycles. The third-order valence-corrected chi connectivity index (χ3v) is 3.54. The molecule has 6 heteroatoms. The van der Waals surface area contributed by atoms with Crippen LogP contribution in [0.1, 0.15) is 31.1 Å². The van der Waals surface area contributed by atoms with Gasteiger partial charge in [-0.25, -0.2) is 4.79 Å². The summed E-state index contributed by atoms with van der Waals surface area (Å²) in [7, 11) is 0. The average molecular weight is 292 g/mol. The number of carboxylic acid groups (broad SMARTS) is 1. The lowest BCUT2D eigenvalue weighted by Gasteiger charge is -2.35. The van der Waals surface area contributed by atoms with Crippen molar-refractivity contribution in [1.82, 2.24) is 0 Å². The first kappa shape index (κ1) is 15.3. The molecular formula is C15H20N2O4. The number of rotatable bonds is 2. The van der Waals surface area contributed by atoms with E-state index >= 15 is 0 Å². The van der Waals surface area contributed by atoms with Crippen molar-refractivity contribution < 1.29 is 19.4 Å². The van der Waals surface area contributed by atoms with Gasteiger partial charge in [0.1, 0.15) is 12.2 Å². The maximum absolute atomic E-state index is 12.6. The van der Waals surface area contributed by atoms with Gasteiger partial charge in [-0.15, -0.1) is 0 Å². The van der Waals surface area contributed by atoms with Gasteiger partial charge in [-0.05, 0) is 17.5 Å². The number of carboxylic acids is 1. The lowest BCUT2D eigenvalue weighted by Crippen LogP contribution is -2.52. The van der Waals surface area contributed by atoms with Crippen molar-refractivity contribution in [3.63, 3.8) is 0 Å². The molecule has 0 spiro atoms. The molecule has 1 amide bonds. The second-order valence-electron chi connectivity index (χ2n) is 6.14. The van der Waals surface area contributed by atoms with Crippen molar-refractivity contribution in [3.05, 3.63) is 23.8 Å². The summed E-state index contributed by atoms with van der Waals surface area (Å²) in [5, 5.41) is 9.20. The minimum atomic E-state index is -1.08. The lowest BCUT2D eigenvalue weighted by molar-refractivity contribution is -0.122. The minimum Gasteiger partial charge on any atom is -0.489 e. The Morgan fingerprint density at radius 2 is 2.05 bits per heavy atom. The second kappa shape index (κ2) is 5.37. The number of ether oxygens (including phenoxy) is 1. The number of hydrogen-bond acceptors (Lipinski definition) is 4. The molecule has 0 saturated carbocycles. The summed E-state index contributed by atoms with van der Waals surface area (Å²) in [5.41, 5.74) is 6.17. The fourth-order valence-corrected chi connectivity index (χ4v) is 2.18. The van der Waals surface area contributed by atoms with Gasteiger partial charge in [0.05, 0.1) is 18.3 Å². The van der Waals surface area contributed by atoms with Crippen molar-refractivity contribution in [2.75, 3.05) is 18.1 Å². The maximum Gasteiger partial charge on any atom is 0.339 e. The molecule has 3 N–H and O–H groups in total. The monoisotopic (exact) mass is 292 g/mol. The zero-order chi connectivity index (χ0) is 15.8. The molecule has 1 aliphatic rings. The summed E-state index contributed by atoms with van der Waals surface area (Å²) in [5.74, 6) is -1.08. The molecule has 0 aliphatic carbocycles. The molecule has 1 atom stereocenters. The van der Waals surface area contributed by atoms with Crippen LogP contribution in [0.25, 0.3) is 0 Å². The molecule has 0 bridgehead atoms. The fraction of sp³-hybridized carbons (Fsp3) is 0.467. The Bertz CT molecular complexity index is 578. The van der Waals surface area contributed by atoms with Crippen LogP contribution in [-0.4, -0.2) is 36.2 Å². The Morgan fingerprint density at radius 3 is 2.62 bits per heavy atom. The number of benzene rings is 1. The molecule has 6 nitrogen and oxygen atoms in total. The highest BCUT2D eigenvalue weighted by Crippen LogP contribution is 2.36. The molecule has 0 radical (unpaired) electrons. The number of para-hydroxylation sites is 1. The van der Waals surface area contributed by atoms with Crippen LogP contribution >= 0.6 is 0 Å². The lowest BCUT2D eigenvalue weighted by atomic mass is 9.86. The normalized spacial score (nSPS) is 15.9. The molecular weight excluding hydrogens is 272 g/mol. The van der Waals surface area contributed by atoms with E-state index in [4.69, 9.17) is 10.5 Å². The van der Waals surface area contributed by atoms with Gasteiger partial charge in [-0.3, -0.25) is 4.79 Å². The van der Waals surface area contributed by atoms with Crippen LogP contribution in [0.3, 0.4) is 0 Å². The van der Waals surface area contributed by atoms with Crippen LogP contribution in [-0.2, 0) is 4.79 Å². The molecule has 1 heterocycles. The Morgan fingerprint density at radius 1 is 1.38 bits per heavy atom. The first-order valence-corrected chi connectivity index (χ1v) is 6.79. The number of aromatic carboxylic acids is 1. The highest BCUT2D eigenvalue weighted by atomic mass is 16.5. The van der Waals surface area contributed by atoms with E-state index in [9.17, 15) is 14.7 Å². The summed E-state index contributed by atoms with van der Waals surface area (Å²) in [6, 6.07) is 4.06. The first-order valence-electron chi connectivity index (χ1n) is 6.79. The Balaban J connectivity index is 2.42. The van der Waals surface area contributed by atoms with Gasteiger partial charge in [0.25, 0.3) is 0 Å². The van der Waals surface area contributed by atoms with Crippen molar-refractivity contribution in [2.24, 2.45) is 11.1 Å². The topological polar surface area (TPSA) is 92.9 Å². The maximum atomic E-state index is 12.6. The second-order valence-corrected chi connectivity index (χ2v) is 6.14. The third kappa shape index (κ3) is 2.85. The van der Waals surface area contributed by atoms with Crippen LogP contribution in [0.2, 0.25) is 0 Å². The van der Waals surface area contributed by atoms with Crippen LogP contribution in [0.5, 0.6) is 5.75 Å². The minimum absolute atomic E-state index is 0.0503. The third-order valence-electron chi connectivity index (χ3n) is 3.54. The summed E-state index contributed by atoms with van der Waals surface area (Å²) in [6.45, 7) is 6.29. The van der Waals surface area contributed by atoms with Crippen LogP contribution in [0.4, 0.5) is 5.69 Å². The Hall–Kier alpha value is -2.08. The van der Waals surface area contributed by atoms with Gasteiger partial charge in [-0.1, -0.05) is 26.8 Å². The molecule has 2 rings (SSSR count). The van der Waals surface area contributed by atoms with Gasteiger partial charge < -0.3 is 20.5 Å². The number of anilines is 1. The van der Waals surface area contributed by atoms with E-state index in [0.29, 0.717) is 12.2 Å². The number of amides is 1. The Kier molecular flexibility index (Phi) is 3.91. The predicted octanol–water partition coefficient (Wildman–Crippen LogP) is 1.48. The van der Waals surface area contributed by atoms with E-state index in [-0.39, 0.29) is 29.2 Å². The highest BCUT2D eigenvalue weighted by Gasteiger charge is 2.35. The largest absolute Gasteiger partial charge is 0.489 e. The molecule has 0 aromatic heterocycles. The number of carbonyl (C=O) groups excluding carboxylic acids is 1.